The highest BCUT2D eigenvalue weighted by atomic mass is 32.1. The van der Waals surface area contributed by atoms with Gasteiger partial charge in [0.25, 0.3) is 5.91 Å². The monoisotopic (exact) mass is 306 g/mol. The summed E-state index contributed by atoms with van der Waals surface area (Å²) in [6.07, 6.45) is 5.73. The fraction of sp³-hybridized carbons (Fsp3) is 0.500. The van der Waals surface area contributed by atoms with Gasteiger partial charge in [0.1, 0.15) is 5.75 Å². The fourth-order valence-electron chi connectivity index (χ4n) is 2.94. The highest BCUT2D eigenvalue weighted by molar-refractivity contribution is 7.80. The quantitative estimate of drug-likeness (QED) is 0.821. The van der Waals surface area contributed by atoms with Gasteiger partial charge in [0.2, 0.25) is 0 Å². The first kappa shape index (κ1) is 15.8. The van der Waals surface area contributed by atoms with E-state index in [0.717, 1.165) is 12.8 Å². The summed E-state index contributed by atoms with van der Waals surface area (Å²) in [5.41, 5.74) is 6.36. The van der Waals surface area contributed by atoms with Crippen molar-refractivity contribution in [3.05, 3.63) is 29.8 Å². The van der Waals surface area contributed by atoms with Gasteiger partial charge < -0.3 is 15.8 Å². The van der Waals surface area contributed by atoms with Crippen LogP contribution in [0, 0.1) is 5.92 Å². The summed E-state index contributed by atoms with van der Waals surface area (Å²) in [5, 5.41) is 2.99. The number of carbonyl (C=O) groups is 1. The molecule has 0 heterocycles. The van der Waals surface area contributed by atoms with Gasteiger partial charge in [-0.3, -0.25) is 4.79 Å². The highest BCUT2D eigenvalue weighted by Gasteiger charge is 2.28. The summed E-state index contributed by atoms with van der Waals surface area (Å²) < 4.78 is 5.23. The van der Waals surface area contributed by atoms with Crippen LogP contribution in [0.25, 0.3) is 0 Å². The van der Waals surface area contributed by atoms with Crippen LogP contribution in [0.3, 0.4) is 0 Å². The van der Waals surface area contributed by atoms with Crippen LogP contribution in [-0.2, 0) is 0 Å². The average Bonchev–Trinajstić information content (AvgIpc) is 2.52. The number of ether oxygens (including phenoxy) is 1. The Balaban J connectivity index is 2.12. The molecule has 1 amide bonds. The van der Waals surface area contributed by atoms with Gasteiger partial charge in [-0.25, -0.2) is 0 Å². The number of hydrogen-bond acceptors (Lipinski definition) is 3. The molecule has 5 heteroatoms. The summed E-state index contributed by atoms with van der Waals surface area (Å²) in [7, 11) is 1.55. The maximum atomic E-state index is 12.5. The van der Waals surface area contributed by atoms with Crippen molar-refractivity contribution in [2.45, 2.75) is 38.1 Å². The van der Waals surface area contributed by atoms with Crippen LogP contribution in [0.1, 0.15) is 42.5 Å². The molecule has 0 saturated heterocycles. The third-order valence-electron chi connectivity index (χ3n) is 4.07. The molecule has 1 fully saturated rings. The Hall–Kier alpha value is -1.62. The first-order valence-electron chi connectivity index (χ1n) is 7.36. The van der Waals surface area contributed by atoms with E-state index in [1.54, 1.807) is 19.2 Å². The van der Waals surface area contributed by atoms with Gasteiger partial charge in [0.05, 0.1) is 23.7 Å². The van der Waals surface area contributed by atoms with Crippen molar-refractivity contribution in [1.29, 1.82) is 0 Å². The Bertz CT molecular complexity index is 513. The van der Waals surface area contributed by atoms with Crippen LogP contribution in [0.5, 0.6) is 5.75 Å². The van der Waals surface area contributed by atoms with Crippen LogP contribution < -0.4 is 15.8 Å². The van der Waals surface area contributed by atoms with E-state index in [1.807, 2.05) is 12.1 Å². The minimum atomic E-state index is -0.238. The molecule has 1 aliphatic rings. The summed E-state index contributed by atoms with van der Waals surface area (Å²) in [4.78, 5) is 12.8. The van der Waals surface area contributed by atoms with Crippen LogP contribution in [-0.4, -0.2) is 24.0 Å². The number of para-hydroxylation sites is 1. The molecule has 2 rings (SSSR count). The zero-order valence-corrected chi connectivity index (χ0v) is 13.1. The maximum absolute atomic E-state index is 12.5. The Morgan fingerprint density at radius 3 is 2.62 bits per heavy atom. The van der Waals surface area contributed by atoms with Crippen LogP contribution in [0.2, 0.25) is 0 Å². The van der Waals surface area contributed by atoms with E-state index in [9.17, 15) is 4.79 Å². The number of hydrogen-bond donors (Lipinski definition) is 2. The summed E-state index contributed by atoms with van der Waals surface area (Å²) in [5.74, 6) is 0.714. The molecule has 3 N–H and O–H groups in total. The molecular formula is C16H22N2O2S. The number of carbonyl (C=O) groups excluding carboxylic acids is 1. The van der Waals surface area contributed by atoms with Gasteiger partial charge >= 0.3 is 0 Å². The Morgan fingerprint density at radius 1 is 1.33 bits per heavy atom. The lowest BCUT2D eigenvalue weighted by atomic mass is 9.83. The molecule has 1 unspecified atom stereocenters. The lowest BCUT2D eigenvalue weighted by Crippen LogP contribution is -2.48. The second-order valence-electron chi connectivity index (χ2n) is 5.45. The van der Waals surface area contributed by atoms with E-state index >= 15 is 0 Å². The van der Waals surface area contributed by atoms with Gasteiger partial charge in [-0.15, -0.1) is 0 Å². The summed E-state index contributed by atoms with van der Waals surface area (Å²) in [6, 6.07) is 6.92. The number of benzene rings is 1. The molecule has 0 aromatic heterocycles. The largest absolute Gasteiger partial charge is 0.496 e. The zero-order chi connectivity index (χ0) is 15.2. The van der Waals surface area contributed by atoms with Crippen molar-refractivity contribution in [3.8, 4) is 5.75 Å². The number of amides is 1. The molecule has 1 atom stereocenters. The number of nitrogens with one attached hydrogen (secondary N) is 1. The van der Waals surface area contributed by atoms with Gasteiger partial charge in [-0.2, -0.15) is 0 Å². The molecule has 0 spiro atoms. The predicted octanol–water partition coefficient (Wildman–Crippen LogP) is 2.66. The van der Waals surface area contributed by atoms with E-state index in [2.05, 4.69) is 5.32 Å². The van der Waals surface area contributed by atoms with E-state index in [-0.39, 0.29) is 11.9 Å². The highest BCUT2D eigenvalue weighted by Crippen LogP contribution is 2.27. The van der Waals surface area contributed by atoms with Crippen molar-refractivity contribution < 1.29 is 9.53 Å². The van der Waals surface area contributed by atoms with Crippen LogP contribution in [0.4, 0.5) is 0 Å². The van der Waals surface area contributed by atoms with Crippen molar-refractivity contribution >= 4 is 23.1 Å². The van der Waals surface area contributed by atoms with E-state index < -0.39 is 0 Å². The molecule has 1 aromatic rings. The standard InChI is InChI=1S/C16H22N2O2S/c1-20-13-10-6-5-9-12(13)16(19)18-14(15(17)21)11-7-3-2-4-8-11/h5-6,9-11,14H,2-4,7-8H2,1H3,(H2,17,21)(H,18,19). The third kappa shape index (κ3) is 3.94. The van der Waals surface area contributed by atoms with Crippen molar-refractivity contribution in [1.82, 2.24) is 5.32 Å². The Kier molecular flexibility index (Phi) is 5.56. The topological polar surface area (TPSA) is 64.3 Å². The number of methoxy groups -OCH3 is 1. The van der Waals surface area contributed by atoms with Crippen LogP contribution >= 0.6 is 12.2 Å². The lowest BCUT2D eigenvalue weighted by molar-refractivity contribution is 0.0929. The minimum Gasteiger partial charge on any atom is -0.496 e. The zero-order valence-electron chi connectivity index (χ0n) is 12.3. The van der Waals surface area contributed by atoms with Crippen molar-refractivity contribution in [2.75, 3.05) is 7.11 Å². The van der Waals surface area contributed by atoms with Gasteiger partial charge in [-0.05, 0) is 30.9 Å². The molecule has 1 aliphatic carbocycles. The van der Waals surface area contributed by atoms with Crippen molar-refractivity contribution in [3.63, 3.8) is 0 Å². The second-order valence-corrected chi connectivity index (χ2v) is 5.92. The maximum Gasteiger partial charge on any atom is 0.255 e. The van der Waals surface area contributed by atoms with Gasteiger partial charge in [-0.1, -0.05) is 43.6 Å². The van der Waals surface area contributed by atoms with Gasteiger partial charge in [0.15, 0.2) is 0 Å². The minimum absolute atomic E-state index is 0.184. The third-order valence-corrected chi connectivity index (χ3v) is 4.32. The number of rotatable bonds is 5. The van der Waals surface area contributed by atoms with E-state index in [0.29, 0.717) is 22.2 Å². The predicted molar refractivity (Wildman–Crippen MR) is 87.6 cm³/mol. The fourth-order valence-corrected chi connectivity index (χ4v) is 3.19. The SMILES string of the molecule is COc1ccccc1C(=O)NC(C(N)=S)C1CCCCC1. The molecule has 1 aromatic carbocycles. The summed E-state index contributed by atoms with van der Waals surface area (Å²) in [6.45, 7) is 0. The van der Waals surface area contributed by atoms with E-state index in [1.165, 1.54) is 19.3 Å². The Labute approximate surface area is 131 Å². The molecule has 21 heavy (non-hydrogen) atoms. The molecule has 0 aliphatic heterocycles. The molecular weight excluding hydrogens is 284 g/mol. The van der Waals surface area contributed by atoms with Crippen LogP contribution in [0.15, 0.2) is 24.3 Å². The number of thiocarbonyl (C=S) groups is 1. The summed E-state index contributed by atoms with van der Waals surface area (Å²) >= 11 is 5.16. The molecule has 0 radical (unpaired) electrons. The number of nitrogens with two attached hydrogens (primary N) is 1. The molecule has 114 valence electrons. The molecule has 1 saturated carbocycles. The smallest absolute Gasteiger partial charge is 0.255 e. The normalized spacial score (nSPS) is 17.0. The Morgan fingerprint density at radius 2 is 2.00 bits per heavy atom. The average molecular weight is 306 g/mol. The lowest BCUT2D eigenvalue weighted by Gasteiger charge is -2.30. The molecule has 4 nitrogen and oxygen atoms in total. The first-order chi connectivity index (χ1) is 10.1. The second kappa shape index (κ2) is 7.41. The van der Waals surface area contributed by atoms with Crippen molar-refractivity contribution in [2.24, 2.45) is 11.7 Å². The first-order valence-corrected chi connectivity index (χ1v) is 7.77. The molecule has 0 bridgehead atoms. The van der Waals surface area contributed by atoms with E-state index in [4.69, 9.17) is 22.7 Å². The van der Waals surface area contributed by atoms with Gasteiger partial charge in [0, 0.05) is 0 Å².